The lowest BCUT2D eigenvalue weighted by atomic mass is 10.1. The lowest BCUT2D eigenvalue weighted by molar-refractivity contribution is 0.0800. The van der Waals surface area contributed by atoms with E-state index in [9.17, 15) is 5.11 Å². The largest absolute Gasteiger partial charge is 0.393 e. The second kappa shape index (κ2) is 9.47. The summed E-state index contributed by atoms with van der Waals surface area (Å²) in [4.78, 5) is 0. The Labute approximate surface area is 88.7 Å². The summed E-state index contributed by atoms with van der Waals surface area (Å²) in [6.45, 7) is 8.11. The van der Waals surface area contributed by atoms with Gasteiger partial charge in [0.1, 0.15) is 0 Å². The van der Waals surface area contributed by atoms with Gasteiger partial charge in [-0.05, 0) is 25.2 Å². The van der Waals surface area contributed by atoms with E-state index in [0.717, 1.165) is 32.5 Å². The van der Waals surface area contributed by atoms with Crippen LogP contribution in [0.1, 0.15) is 52.9 Å². The molecule has 0 saturated heterocycles. The summed E-state index contributed by atoms with van der Waals surface area (Å²) in [5.41, 5.74) is 0. The molecule has 0 saturated carbocycles. The third-order valence-corrected chi connectivity index (χ3v) is 2.81. The van der Waals surface area contributed by atoms with Crippen molar-refractivity contribution in [2.45, 2.75) is 59.0 Å². The Morgan fingerprint density at radius 1 is 1.07 bits per heavy atom. The SMILES string of the molecule is CCC(O)CCCOCC(CC)CC. The molecule has 1 unspecified atom stereocenters. The van der Waals surface area contributed by atoms with Crippen molar-refractivity contribution < 1.29 is 9.84 Å². The Kier molecular flexibility index (Phi) is 9.42. The van der Waals surface area contributed by atoms with Gasteiger partial charge in [-0.3, -0.25) is 0 Å². The van der Waals surface area contributed by atoms with Gasteiger partial charge < -0.3 is 9.84 Å². The van der Waals surface area contributed by atoms with Gasteiger partial charge in [0.15, 0.2) is 0 Å². The van der Waals surface area contributed by atoms with Crippen molar-refractivity contribution in [2.24, 2.45) is 5.92 Å². The zero-order valence-corrected chi connectivity index (χ0v) is 9.96. The van der Waals surface area contributed by atoms with Crippen molar-refractivity contribution in [1.29, 1.82) is 0 Å². The van der Waals surface area contributed by atoms with Crippen molar-refractivity contribution in [3.8, 4) is 0 Å². The summed E-state index contributed by atoms with van der Waals surface area (Å²) in [5.74, 6) is 0.714. The lowest BCUT2D eigenvalue weighted by Crippen LogP contribution is -2.10. The number of ether oxygens (including phenoxy) is 1. The lowest BCUT2D eigenvalue weighted by Gasteiger charge is -2.13. The fourth-order valence-corrected chi connectivity index (χ4v) is 1.40. The average molecular weight is 202 g/mol. The zero-order chi connectivity index (χ0) is 10.8. The fourth-order valence-electron chi connectivity index (χ4n) is 1.40. The summed E-state index contributed by atoms with van der Waals surface area (Å²) in [6, 6.07) is 0. The van der Waals surface area contributed by atoms with E-state index in [2.05, 4.69) is 13.8 Å². The predicted octanol–water partition coefficient (Wildman–Crippen LogP) is 2.99. The summed E-state index contributed by atoms with van der Waals surface area (Å²) in [5, 5.41) is 9.30. The Balaban J connectivity index is 3.20. The van der Waals surface area contributed by atoms with Crippen LogP contribution in [-0.4, -0.2) is 24.4 Å². The Bertz CT molecular complexity index is 111. The van der Waals surface area contributed by atoms with Crippen molar-refractivity contribution in [1.82, 2.24) is 0 Å². The minimum atomic E-state index is -0.133. The Morgan fingerprint density at radius 3 is 2.21 bits per heavy atom. The highest BCUT2D eigenvalue weighted by molar-refractivity contribution is 4.54. The molecule has 0 bridgehead atoms. The molecule has 2 heteroatoms. The van der Waals surface area contributed by atoms with Crippen molar-refractivity contribution in [3.05, 3.63) is 0 Å². The first-order valence-corrected chi connectivity index (χ1v) is 6.00. The highest BCUT2D eigenvalue weighted by Gasteiger charge is 2.03. The van der Waals surface area contributed by atoms with Gasteiger partial charge in [-0.1, -0.05) is 33.6 Å². The van der Waals surface area contributed by atoms with Gasteiger partial charge in [-0.2, -0.15) is 0 Å². The Hall–Kier alpha value is -0.0800. The fraction of sp³-hybridized carbons (Fsp3) is 1.00. The first kappa shape index (κ1) is 13.9. The van der Waals surface area contributed by atoms with Gasteiger partial charge in [-0.15, -0.1) is 0 Å². The molecule has 0 aromatic heterocycles. The van der Waals surface area contributed by atoms with Crippen LogP contribution in [0.2, 0.25) is 0 Å². The van der Waals surface area contributed by atoms with Gasteiger partial charge in [0, 0.05) is 13.2 Å². The summed E-state index contributed by atoms with van der Waals surface area (Å²) in [7, 11) is 0. The van der Waals surface area contributed by atoms with Crippen molar-refractivity contribution >= 4 is 0 Å². The van der Waals surface area contributed by atoms with Crippen LogP contribution in [0.25, 0.3) is 0 Å². The summed E-state index contributed by atoms with van der Waals surface area (Å²) < 4.78 is 5.56. The number of hydrogen-bond donors (Lipinski definition) is 1. The molecule has 0 aromatic carbocycles. The van der Waals surface area contributed by atoms with E-state index in [1.165, 1.54) is 12.8 Å². The van der Waals surface area contributed by atoms with E-state index < -0.39 is 0 Å². The monoisotopic (exact) mass is 202 g/mol. The van der Waals surface area contributed by atoms with Gasteiger partial charge in [0.25, 0.3) is 0 Å². The smallest absolute Gasteiger partial charge is 0.0538 e. The molecule has 0 fully saturated rings. The molecule has 0 aliphatic rings. The van der Waals surface area contributed by atoms with E-state index >= 15 is 0 Å². The van der Waals surface area contributed by atoms with Crippen LogP contribution < -0.4 is 0 Å². The molecule has 0 rings (SSSR count). The number of rotatable bonds is 9. The third-order valence-electron chi connectivity index (χ3n) is 2.81. The van der Waals surface area contributed by atoms with Crippen LogP contribution in [0, 0.1) is 5.92 Å². The highest BCUT2D eigenvalue weighted by Crippen LogP contribution is 2.08. The van der Waals surface area contributed by atoms with E-state index in [-0.39, 0.29) is 6.10 Å². The molecule has 0 heterocycles. The Morgan fingerprint density at radius 2 is 1.71 bits per heavy atom. The quantitative estimate of drug-likeness (QED) is 0.582. The molecular formula is C12H26O2. The second-order valence-corrected chi connectivity index (χ2v) is 3.96. The van der Waals surface area contributed by atoms with Crippen LogP contribution in [0.15, 0.2) is 0 Å². The van der Waals surface area contributed by atoms with Gasteiger partial charge in [0.05, 0.1) is 6.10 Å². The van der Waals surface area contributed by atoms with E-state index in [1.807, 2.05) is 6.92 Å². The van der Waals surface area contributed by atoms with Crippen LogP contribution >= 0.6 is 0 Å². The van der Waals surface area contributed by atoms with E-state index in [1.54, 1.807) is 0 Å². The maximum atomic E-state index is 9.30. The standard InChI is InChI=1S/C12H26O2/c1-4-11(5-2)10-14-9-7-8-12(13)6-3/h11-13H,4-10H2,1-3H3. The summed E-state index contributed by atoms with van der Waals surface area (Å²) in [6.07, 6.45) is 4.98. The average Bonchev–Trinajstić information content (AvgIpc) is 2.23. The van der Waals surface area contributed by atoms with Gasteiger partial charge in [-0.25, -0.2) is 0 Å². The highest BCUT2D eigenvalue weighted by atomic mass is 16.5. The van der Waals surface area contributed by atoms with Crippen molar-refractivity contribution in [2.75, 3.05) is 13.2 Å². The molecule has 0 spiro atoms. The van der Waals surface area contributed by atoms with Crippen LogP contribution in [0.3, 0.4) is 0 Å². The first-order chi connectivity index (χ1) is 6.74. The molecule has 0 aliphatic heterocycles. The molecule has 1 atom stereocenters. The molecule has 2 nitrogen and oxygen atoms in total. The van der Waals surface area contributed by atoms with Crippen LogP contribution in [-0.2, 0) is 4.74 Å². The summed E-state index contributed by atoms with van der Waals surface area (Å²) >= 11 is 0. The second-order valence-electron chi connectivity index (χ2n) is 3.96. The van der Waals surface area contributed by atoms with Crippen molar-refractivity contribution in [3.63, 3.8) is 0 Å². The topological polar surface area (TPSA) is 29.5 Å². The molecule has 14 heavy (non-hydrogen) atoms. The van der Waals surface area contributed by atoms with E-state index in [4.69, 9.17) is 4.74 Å². The maximum Gasteiger partial charge on any atom is 0.0538 e. The van der Waals surface area contributed by atoms with E-state index in [0.29, 0.717) is 5.92 Å². The molecule has 1 N–H and O–H groups in total. The predicted molar refractivity (Wildman–Crippen MR) is 60.4 cm³/mol. The zero-order valence-electron chi connectivity index (χ0n) is 9.96. The normalized spacial score (nSPS) is 13.5. The number of aliphatic hydroxyl groups excluding tert-OH is 1. The molecule has 0 radical (unpaired) electrons. The maximum absolute atomic E-state index is 9.30. The van der Waals surface area contributed by atoms with Crippen LogP contribution in [0.5, 0.6) is 0 Å². The van der Waals surface area contributed by atoms with Crippen LogP contribution in [0.4, 0.5) is 0 Å². The van der Waals surface area contributed by atoms with Gasteiger partial charge in [0.2, 0.25) is 0 Å². The molecule has 0 aromatic rings. The number of hydrogen-bond acceptors (Lipinski definition) is 2. The first-order valence-electron chi connectivity index (χ1n) is 6.00. The molecule has 0 aliphatic carbocycles. The number of aliphatic hydroxyl groups is 1. The third kappa shape index (κ3) is 7.34. The molecule has 86 valence electrons. The molecular weight excluding hydrogens is 176 g/mol. The van der Waals surface area contributed by atoms with Gasteiger partial charge >= 0.3 is 0 Å². The minimum absolute atomic E-state index is 0.133. The molecule has 0 amide bonds. The minimum Gasteiger partial charge on any atom is -0.393 e.